The van der Waals surface area contributed by atoms with Crippen molar-refractivity contribution in [2.24, 2.45) is 0 Å². The summed E-state index contributed by atoms with van der Waals surface area (Å²) in [6, 6.07) is 14.7. The Labute approximate surface area is 129 Å². The summed E-state index contributed by atoms with van der Waals surface area (Å²) >= 11 is 0. The molecule has 1 aromatic heterocycles. The lowest BCUT2D eigenvalue weighted by atomic mass is 10.1. The van der Waals surface area contributed by atoms with Gasteiger partial charge in [-0.25, -0.2) is 9.07 Å². The van der Waals surface area contributed by atoms with Gasteiger partial charge in [0.2, 0.25) is 0 Å². The van der Waals surface area contributed by atoms with E-state index in [4.69, 9.17) is 4.74 Å². The zero-order valence-corrected chi connectivity index (χ0v) is 12.6. The average Bonchev–Trinajstić information content (AvgIpc) is 2.94. The van der Waals surface area contributed by atoms with Crippen LogP contribution in [0.1, 0.15) is 16.8 Å². The number of ether oxygens (including phenoxy) is 1. The molecule has 0 N–H and O–H groups in total. The molecular formula is C18H17FN2O. The Morgan fingerprint density at radius 1 is 1.09 bits per heavy atom. The SMILES string of the molecule is Cc1ccn(-c2ccc(OCc3ccccc3C)c(F)c2)n1. The molecule has 0 unspecified atom stereocenters. The summed E-state index contributed by atoms with van der Waals surface area (Å²) in [4.78, 5) is 0. The minimum atomic E-state index is -0.390. The third-order valence-corrected chi connectivity index (χ3v) is 3.55. The lowest BCUT2D eigenvalue weighted by molar-refractivity contribution is 0.289. The fraction of sp³-hybridized carbons (Fsp3) is 0.167. The van der Waals surface area contributed by atoms with Crippen LogP contribution in [0.2, 0.25) is 0 Å². The number of hydrogen-bond acceptors (Lipinski definition) is 2. The van der Waals surface area contributed by atoms with Gasteiger partial charge in [-0.05, 0) is 43.2 Å². The molecule has 112 valence electrons. The van der Waals surface area contributed by atoms with Gasteiger partial charge < -0.3 is 4.74 Å². The molecular weight excluding hydrogens is 279 g/mol. The van der Waals surface area contributed by atoms with Crippen molar-refractivity contribution >= 4 is 0 Å². The zero-order valence-electron chi connectivity index (χ0n) is 12.6. The molecule has 1 heterocycles. The fourth-order valence-corrected chi connectivity index (χ4v) is 2.24. The van der Waals surface area contributed by atoms with E-state index in [9.17, 15) is 4.39 Å². The predicted octanol–water partition coefficient (Wildman–Crippen LogP) is 4.21. The van der Waals surface area contributed by atoms with Crippen molar-refractivity contribution in [2.75, 3.05) is 0 Å². The molecule has 0 aliphatic rings. The number of hydrogen-bond donors (Lipinski definition) is 0. The number of rotatable bonds is 4. The van der Waals surface area contributed by atoms with E-state index in [1.54, 1.807) is 23.0 Å². The van der Waals surface area contributed by atoms with Gasteiger partial charge in [0, 0.05) is 12.3 Å². The molecule has 0 spiro atoms. The molecule has 22 heavy (non-hydrogen) atoms. The maximum Gasteiger partial charge on any atom is 0.167 e. The molecule has 3 nitrogen and oxygen atoms in total. The van der Waals surface area contributed by atoms with E-state index in [0.717, 1.165) is 16.8 Å². The van der Waals surface area contributed by atoms with Crippen LogP contribution in [0.4, 0.5) is 4.39 Å². The maximum absolute atomic E-state index is 14.2. The van der Waals surface area contributed by atoms with E-state index in [0.29, 0.717) is 12.3 Å². The molecule has 0 saturated heterocycles. The average molecular weight is 296 g/mol. The topological polar surface area (TPSA) is 27.1 Å². The standard InChI is InChI=1S/C18H17FN2O/c1-13-5-3-4-6-15(13)12-22-18-8-7-16(11-17(18)19)21-10-9-14(2)20-21/h3-11H,12H2,1-2H3. The number of halogens is 1. The van der Waals surface area contributed by atoms with Gasteiger partial charge in [0.1, 0.15) is 6.61 Å². The lowest BCUT2D eigenvalue weighted by Crippen LogP contribution is -2.01. The first kappa shape index (κ1) is 14.3. The zero-order chi connectivity index (χ0) is 15.5. The monoisotopic (exact) mass is 296 g/mol. The van der Waals surface area contributed by atoms with Crippen LogP contribution in [0, 0.1) is 19.7 Å². The predicted molar refractivity (Wildman–Crippen MR) is 83.8 cm³/mol. The Hall–Kier alpha value is -2.62. The second kappa shape index (κ2) is 6.02. The van der Waals surface area contributed by atoms with Gasteiger partial charge in [0.25, 0.3) is 0 Å². The number of benzene rings is 2. The fourth-order valence-electron chi connectivity index (χ4n) is 2.24. The minimum Gasteiger partial charge on any atom is -0.486 e. The first-order valence-electron chi connectivity index (χ1n) is 7.13. The Bertz CT molecular complexity index is 795. The van der Waals surface area contributed by atoms with Gasteiger partial charge in [0.05, 0.1) is 11.4 Å². The van der Waals surface area contributed by atoms with Crippen LogP contribution >= 0.6 is 0 Å². The largest absolute Gasteiger partial charge is 0.486 e. The van der Waals surface area contributed by atoms with Crippen molar-refractivity contribution < 1.29 is 9.13 Å². The van der Waals surface area contributed by atoms with Gasteiger partial charge >= 0.3 is 0 Å². The van der Waals surface area contributed by atoms with Crippen LogP contribution in [0.3, 0.4) is 0 Å². The van der Waals surface area contributed by atoms with Gasteiger partial charge in [-0.3, -0.25) is 0 Å². The maximum atomic E-state index is 14.2. The van der Waals surface area contributed by atoms with Crippen LogP contribution in [0.25, 0.3) is 5.69 Å². The first-order valence-corrected chi connectivity index (χ1v) is 7.13. The molecule has 4 heteroatoms. The van der Waals surface area contributed by atoms with Gasteiger partial charge in [0.15, 0.2) is 11.6 Å². The van der Waals surface area contributed by atoms with Crippen molar-refractivity contribution in [2.45, 2.75) is 20.5 Å². The molecule has 0 amide bonds. The van der Waals surface area contributed by atoms with Crippen LogP contribution in [-0.4, -0.2) is 9.78 Å². The highest BCUT2D eigenvalue weighted by Crippen LogP contribution is 2.22. The van der Waals surface area contributed by atoms with E-state index < -0.39 is 0 Å². The Balaban J connectivity index is 1.77. The van der Waals surface area contributed by atoms with Gasteiger partial charge in [-0.1, -0.05) is 24.3 Å². The second-order valence-electron chi connectivity index (χ2n) is 5.23. The van der Waals surface area contributed by atoms with Gasteiger partial charge in [-0.15, -0.1) is 0 Å². The van der Waals surface area contributed by atoms with E-state index >= 15 is 0 Å². The van der Waals surface area contributed by atoms with Crippen molar-refractivity contribution in [3.63, 3.8) is 0 Å². The summed E-state index contributed by atoms with van der Waals surface area (Å²) in [6.07, 6.45) is 1.80. The lowest BCUT2D eigenvalue weighted by Gasteiger charge is -2.10. The summed E-state index contributed by atoms with van der Waals surface area (Å²) in [5, 5.41) is 4.27. The normalized spacial score (nSPS) is 10.7. The summed E-state index contributed by atoms with van der Waals surface area (Å²) in [6.45, 7) is 4.26. The highest BCUT2D eigenvalue weighted by Gasteiger charge is 2.08. The second-order valence-corrected chi connectivity index (χ2v) is 5.23. The molecule has 0 radical (unpaired) electrons. The van der Waals surface area contributed by atoms with E-state index in [2.05, 4.69) is 5.10 Å². The first-order chi connectivity index (χ1) is 10.6. The third-order valence-electron chi connectivity index (χ3n) is 3.55. The highest BCUT2D eigenvalue weighted by atomic mass is 19.1. The van der Waals surface area contributed by atoms with E-state index in [1.165, 1.54) is 6.07 Å². The molecule has 0 aliphatic carbocycles. The van der Waals surface area contributed by atoms with Crippen molar-refractivity contribution in [1.82, 2.24) is 9.78 Å². The molecule has 0 bridgehead atoms. The Kier molecular flexibility index (Phi) is 3.92. The van der Waals surface area contributed by atoms with Crippen LogP contribution in [0.5, 0.6) is 5.75 Å². The van der Waals surface area contributed by atoms with Crippen LogP contribution in [0.15, 0.2) is 54.7 Å². The van der Waals surface area contributed by atoms with Crippen molar-refractivity contribution in [3.05, 3.63) is 77.4 Å². The summed E-state index contributed by atoms with van der Waals surface area (Å²) in [5.74, 6) is -0.143. The van der Waals surface area contributed by atoms with Gasteiger partial charge in [-0.2, -0.15) is 5.10 Å². The smallest absolute Gasteiger partial charge is 0.167 e. The quantitative estimate of drug-likeness (QED) is 0.721. The summed E-state index contributed by atoms with van der Waals surface area (Å²) in [7, 11) is 0. The minimum absolute atomic E-state index is 0.246. The molecule has 3 rings (SSSR count). The number of nitrogens with zero attached hydrogens (tertiary/aromatic N) is 2. The van der Waals surface area contributed by atoms with E-state index in [-0.39, 0.29) is 11.6 Å². The number of aryl methyl sites for hydroxylation is 2. The number of aromatic nitrogens is 2. The molecule has 0 saturated carbocycles. The van der Waals surface area contributed by atoms with Crippen LogP contribution < -0.4 is 4.74 Å². The summed E-state index contributed by atoms with van der Waals surface area (Å²) < 4.78 is 21.4. The molecule has 0 atom stereocenters. The Morgan fingerprint density at radius 2 is 1.91 bits per heavy atom. The molecule has 0 fully saturated rings. The molecule has 0 aliphatic heterocycles. The Morgan fingerprint density at radius 3 is 2.59 bits per heavy atom. The molecule has 2 aromatic carbocycles. The van der Waals surface area contributed by atoms with E-state index in [1.807, 2.05) is 44.2 Å². The third kappa shape index (κ3) is 3.01. The summed E-state index contributed by atoms with van der Waals surface area (Å²) in [5.41, 5.74) is 3.74. The molecule has 3 aromatic rings. The van der Waals surface area contributed by atoms with Crippen molar-refractivity contribution in [3.8, 4) is 11.4 Å². The highest BCUT2D eigenvalue weighted by molar-refractivity contribution is 5.38. The van der Waals surface area contributed by atoms with Crippen LogP contribution in [-0.2, 0) is 6.61 Å². The van der Waals surface area contributed by atoms with Crippen molar-refractivity contribution in [1.29, 1.82) is 0 Å².